The van der Waals surface area contributed by atoms with Gasteiger partial charge in [-0.15, -0.1) is 11.3 Å². The number of nitrogens with one attached hydrogen (secondary N) is 1. The van der Waals surface area contributed by atoms with E-state index in [-0.39, 0.29) is 11.7 Å². The van der Waals surface area contributed by atoms with Crippen LogP contribution in [0.2, 0.25) is 0 Å². The van der Waals surface area contributed by atoms with Crippen LogP contribution in [-0.2, 0) is 6.42 Å². The summed E-state index contributed by atoms with van der Waals surface area (Å²) in [4.78, 5) is 12.5. The van der Waals surface area contributed by atoms with Crippen molar-refractivity contribution in [2.75, 3.05) is 6.54 Å². The number of aromatic hydroxyl groups is 1. The number of hydrogen-bond acceptors (Lipinski definition) is 3. The van der Waals surface area contributed by atoms with Crippen molar-refractivity contribution in [3.63, 3.8) is 0 Å². The van der Waals surface area contributed by atoms with Crippen molar-refractivity contribution in [1.82, 2.24) is 5.32 Å². The average Bonchev–Trinajstić information content (AvgIpc) is 3.14. The Labute approximate surface area is 161 Å². The molecule has 3 aromatic carbocycles. The maximum Gasteiger partial charge on any atom is 0.251 e. The summed E-state index contributed by atoms with van der Waals surface area (Å²) in [6, 6.07) is 23.1. The van der Waals surface area contributed by atoms with Crippen LogP contribution in [0, 0.1) is 0 Å². The minimum absolute atomic E-state index is 0.0739. The molecule has 0 spiro atoms. The summed E-state index contributed by atoms with van der Waals surface area (Å²) in [6.07, 6.45) is 0.723. The highest BCUT2D eigenvalue weighted by Crippen LogP contribution is 2.34. The van der Waals surface area contributed by atoms with E-state index in [1.807, 2.05) is 48.5 Å². The zero-order valence-corrected chi connectivity index (χ0v) is 15.5. The fourth-order valence-electron chi connectivity index (χ4n) is 3.11. The van der Waals surface area contributed by atoms with Crippen molar-refractivity contribution >= 4 is 27.3 Å². The van der Waals surface area contributed by atoms with E-state index >= 15 is 0 Å². The van der Waals surface area contributed by atoms with E-state index < -0.39 is 0 Å². The third-order valence-electron chi connectivity index (χ3n) is 4.55. The number of carbonyl (C=O) groups excluding carboxylic acids is 1. The van der Waals surface area contributed by atoms with Gasteiger partial charge in [0, 0.05) is 27.8 Å². The van der Waals surface area contributed by atoms with Crippen LogP contribution in [0.3, 0.4) is 0 Å². The molecule has 0 aliphatic carbocycles. The van der Waals surface area contributed by atoms with Crippen molar-refractivity contribution in [2.24, 2.45) is 0 Å². The standard InChI is InChI=1S/C23H19NO2S/c25-19-10-8-16(9-11-19)12-13-24-23(26)18-5-3-4-17(14-18)21-15-27-22-7-2-1-6-20(21)22/h1-11,14-15,25H,12-13H2,(H,24,26). The quantitative estimate of drug-likeness (QED) is 0.502. The fraction of sp³-hybridized carbons (Fsp3) is 0.0870. The Morgan fingerprint density at radius 3 is 2.63 bits per heavy atom. The van der Waals surface area contributed by atoms with Gasteiger partial charge in [-0.3, -0.25) is 4.79 Å². The lowest BCUT2D eigenvalue weighted by molar-refractivity contribution is 0.0954. The number of hydrogen-bond donors (Lipinski definition) is 2. The molecule has 4 aromatic rings. The lowest BCUT2D eigenvalue weighted by Crippen LogP contribution is -2.25. The molecule has 0 atom stereocenters. The average molecular weight is 373 g/mol. The molecule has 0 aliphatic heterocycles. The van der Waals surface area contributed by atoms with Crippen molar-refractivity contribution in [2.45, 2.75) is 6.42 Å². The smallest absolute Gasteiger partial charge is 0.251 e. The largest absolute Gasteiger partial charge is 0.508 e. The summed E-state index contributed by atoms with van der Waals surface area (Å²) in [5, 5.41) is 15.7. The van der Waals surface area contributed by atoms with E-state index in [9.17, 15) is 9.90 Å². The Kier molecular flexibility index (Phi) is 4.90. The van der Waals surface area contributed by atoms with E-state index in [4.69, 9.17) is 0 Å². The second-order valence-electron chi connectivity index (χ2n) is 6.40. The predicted molar refractivity (Wildman–Crippen MR) is 111 cm³/mol. The summed E-state index contributed by atoms with van der Waals surface area (Å²) >= 11 is 1.72. The van der Waals surface area contributed by atoms with Crippen LogP contribution in [0.25, 0.3) is 21.2 Å². The van der Waals surface area contributed by atoms with Crippen LogP contribution in [0.4, 0.5) is 0 Å². The topological polar surface area (TPSA) is 49.3 Å². The number of amides is 1. The van der Waals surface area contributed by atoms with E-state index in [1.165, 1.54) is 10.1 Å². The molecule has 0 bridgehead atoms. The van der Waals surface area contributed by atoms with Crippen molar-refractivity contribution in [3.8, 4) is 16.9 Å². The summed E-state index contributed by atoms with van der Waals surface area (Å²) in [7, 11) is 0. The van der Waals surface area contributed by atoms with Gasteiger partial charge in [-0.25, -0.2) is 0 Å². The Hall–Kier alpha value is -3.11. The van der Waals surface area contributed by atoms with Gasteiger partial charge in [0.2, 0.25) is 0 Å². The van der Waals surface area contributed by atoms with Gasteiger partial charge in [0.1, 0.15) is 5.75 Å². The van der Waals surface area contributed by atoms with Crippen LogP contribution in [0.15, 0.2) is 78.2 Å². The highest BCUT2D eigenvalue weighted by Gasteiger charge is 2.10. The minimum Gasteiger partial charge on any atom is -0.508 e. The monoisotopic (exact) mass is 373 g/mol. The zero-order valence-electron chi connectivity index (χ0n) is 14.7. The number of phenols is 1. The van der Waals surface area contributed by atoms with Gasteiger partial charge in [-0.05, 0) is 53.3 Å². The van der Waals surface area contributed by atoms with Gasteiger partial charge in [0.05, 0.1) is 0 Å². The molecule has 1 amide bonds. The number of benzene rings is 3. The van der Waals surface area contributed by atoms with E-state index in [0.717, 1.165) is 23.1 Å². The summed E-state index contributed by atoms with van der Waals surface area (Å²) in [6.45, 7) is 0.551. The molecule has 0 aliphatic rings. The Morgan fingerprint density at radius 1 is 0.963 bits per heavy atom. The van der Waals surface area contributed by atoms with Crippen molar-refractivity contribution in [3.05, 3.63) is 89.3 Å². The first-order chi connectivity index (χ1) is 13.2. The Morgan fingerprint density at radius 2 is 1.78 bits per heavy atom. The van der Waals surface area contributed by atoms with Crippen LogP contribution in [-0.4, -0.2) is 17.6 Å². The molecule has 1 aromatic heterocycles. The molecule has 2 N–H and O–H groups in total. The maximum absolute atomic E-state index is 12.5. The first-order valence-corrected chi connectivity index (χ1v) is 9.71. The molecule has 0 unspecified atom stereocenters. The molecular weight excluding hydrogens is 354 g/mol. The van der Waals surface area contributed by atoms with Crippen LogP contribution in [0.1, 0.15) is 15.9 Å². The second kappa shape index (κ2) is 7.64. The van der Waals surface area contributed by atoms with E-state index in [2.05, 4.69) is 22.8 Å². The first kappa shape index (κ1) is 17.3. The third-order valence-corrected chi connectivity index (χ3v) is 5.52. The molecular formula is C23H19NO2S. The van der Waals surface area contributed by atoms with Gasteiger partial charge < -0.3 is 10.4 Å². The van der Waals surface area contributed by atoms with E-state index in [1.54, 1.807) is 23.5 Å². The molecule has 0 saturated heterocycles. The molecule has 1 heterocycles. The van der Waals surface area contributed by atoms with Gasteiger partial charge in [0.15, 0.2) is 0 Å². The van der Waals surface area contributed by atoms with Crippen molar-refractivity contribution < 1.29 is 9.90 Å². The van der Waals surface area contributed by atoms with Crippen LogP contribution < -0.4 is 5.32 Å². The lowest BCUT2D eigenvalue weighted by atomic mass is 10.0. The molecule has 3 nitrogen and oxygen atoms in total. The van der Waals surface area contributed by atoms with Crippen LogP contribution >= 0.6 is 11.3 Å². The molecule has 0 fully saturated rings. The SMILES string of the molecule is O=C(NCCc1ccc(O)cc1)c1cccc(-c2csc3ccccc23)c1. The summed E-state index contributed by atoms with van der Waals surface area (Å²) in [5.74, 6) is 0.177. The third kappa shape index (κ3) is 3.86. The summed E-state index contributed by atoms with van der Waals surface area (Å²) < 4.78 is 1.25. The molecule has 0 radical (unpaired) electrons. The number of carbonyl (C=O) groups is 1. The highest BCUT2D eigenvalue weighted by molar-refractivity contribution is 7.17. The first-order valence-electron chi connectivity index (χ1n) is 8.83. The number of rotatable bonds is 5. The minimum atomic E-state index is -0.0739. The number of thiophene rings is 1. The van der Waals surface area contributed by atoms with Crippen molar-refractivity contribution in [1.29, 1.82) is 0 Å². The highest BCUT2D eigenvalue weighted by atomic mass is 32.1. The molecule has 4 rings (SSSR count). The fourth-order valence-corrected chi connectivity index (χ4v) is 4.08. The molecule has 134 valence electrons. The molecule has 0 saturated carbocycles. The van der Waals surface area contributed by atoms with Gasteiger partial charge in [0.25, 0.3) is 5.91 Å². The molecule has 27 heavy (non-hydrogen) atoms. The van der Waals surface area contributed by atoms with E-state index in [0.29, 0.717) is 12.1 Å². The zero-order chi connectivity index (χ0) is 18.6. The summed E-state index contributed by atoms with van der Waals surface area (Å²) in [5.41, 5.74) is 3.95. The van der Waals surface area contributed by atoms with Gasteiger partial charge in [-0.1, -0.05) is 42.5 Å². The second-order valence-corrected chi connectivity index (χ2v) is 7.31. The number of phenolic OH excluding ortho intramolecular Hbond substituents is 1. The molecule has 4 heteroatoms. The normalized spacial score (nSPS) is 10.8. The van der Waals surface area contributed by atoms with Gasteiger partial charge in [-0.2, -0.15) is 0 Å². The van der Waals surface area contributed by atoms with Crippen LogP contribution in [0.5, 0.6) is 5.75 Å². The lowest BCUT2D eigenvalue weighted by Gasteiger charge is -2.07. The number of fused-ring (bicyclic) bond motifs is 1. The Bertz CT molecular complexity index is 1080. The predicted octanol–water partition coefficient (Wildman–Crippen LogP) is 5.25. The Balaban J connectivity index is 1.47. The van der Waals surface area contributed by atoms with Gasteiger partial charge >= 0.3 is 0 Å². The maximum atomic E-state index is 12.5.